The van der Waals surface area contributed by atoms with E-state index in [1.54, 1.807) is 18.9 Å². The van der Waals surface area contributed by atoms with Crippen LogP contribution >= 0.6 is 11.8 Å². The summed E-state index contributed by atoms with van der Waals surface area (Å²) in [5.41, 5.74) is 1.26. The predicted octanol–water partition coefficient (Wildman–Crippen LogP) is 4.26. The Labute approximate surface area is 122 Å². The molecule has 3 heteroatoms. The van der Waals surface area contributed by atoms with Gasteiger partial charge in [0.05, 0.1) is 5.60 Å². The fourth-order valence-corrected chi connectivity index (χ4v) is 2.70. The fraction of sp³-hybridized carbons (Fsp3) is 0.625. The molecule has 0 radical (unpaired) electrons. The molecule has 108 valence electrons. The van der Waals surface area contributed by atoms with Gasteiger partial charge in [0.25, 0.3) is 0 Å². The monoisotopic (exact) mass is 281 g/mol. The van der Waals surface area contributed by atoms with E-state index < -0.39 is 0 Å². The first-order valence-electron chi connectivity index (χ1n) is 6.83. The van der Waals surface area contributed by atoms with Crippen LogP contribution in [0.3, 0.4) is 0 Å². The molecule has 0 saturated heterocycles. The van der Waals surface area contributed by atoms with Gasteiger partial charge in [0.1, 0.15) is 0 Å². The van der Waals surface area contributed by atoms with Gasteiger partial charge in [-0.3, -0.25) is 0 Å². The highest BCUT2D eigenvalue weighted by Crippen LogP contribution is 2.21. The van der Waals surface area contributed by atoms with Gasteiger partial charge in [0.2, 0.25) is 0 Å². The van der Waals surface area contributed by atoms with Crippen molar-refractivity contribution in [1.82, 2.24) is 5.32 Å². The summed E-state index contributed by atoms with van der Waals surface area (Å²) in [6.45, 7) is 8.68. The van der Waals surface area contributed by atoms with E-state index in [2.05, 4.69) is 63.5 Å². The summed E-state index contributed by atoms with van der Waals surface area (Å²) in [4.78, 5) is 1.31. The van der Waals surface area contributed by atoms with Gasteiger partial charge in [-0.25, -0.2) is 0 Å². The normalized spacial score (nSPS) is 15.3. The topological polar surface area (TPSA) is 21.3 Å². The summed E-state index contributed by atoms with van der Waals surface area (Å²) in [5.74, 6) is 0. The SMILES string of the molecule is COC(C)(C)CC(C)NC(C)c1ccc(SC)cc1. The molecule has 0 heterocycles. The molecule has 0 saturated carbocycles. The minimum absolute atomic E-state index is 0.0746. The van der Waals surface area contributed by atoms with Crippen molar-refractivity contribution in [2.24, 2.45) is 0 Å². The van der Waals surface area contributed by atoms with Gasteiger partial charge in [-0.15, -0.1) is 11.8 Å². The van der Waals surface area contributed by atoms with Crippen LogP contribution in [0.25, 0.3) is 0 Å². The smallest absolute Gasteiger partial charge is 0.0637 e. The van der Waals surface area contributed by atoms with Crippen LogP contribution in [-0.4, -0.2) is 25.0 Å². The van der Waals surface area contributed by atoms with E-state index in [-0.39, 0.29) is 5.60 Å². The second kappa shape index (κ2) is 7.32. The molecule has 0 aliphatic rings. The summed E-state index contributed by atoms with van der Waals surface area (Å²) in [5, 5.41) is 3.64. The number of benzene rings is 1. The maximum absolute atomic E-state index is 5.48. The minimum Gasteiger partial charge on any atom is -0.379 e. The lowest BCUT2D eigenvalue weighted by atomic mass is 9.98. The zero-order valence-electron chi connectivity index (χ0n) is 13.0. The zero-order chi connectivity index (χ0) is 14.5. The maximum atomic E-state index is 5.48. The second-order valence-corrected chi connectivity index (χ2v) is 6.61. The quantitative estimate of drug-likeness (QED) is 0.754. The Bertz CT molecular complexity index is 375. The molecule has 1 aromatic rings. The molecule has 0 bridgehead atoms. The van der Waals surface area contributed by atoms with Crippen molar-refractivity contribution in [1.29, 1.82) is 0 Å². The van der Waals surface area contributed by atoms with E-state index in [1.165, 1.54) is 10.5 Å². The van der Waals surface area contributed by atoms with E-state index in [0.29, 0.717) is 12.1 Å². The van der Waals surface area contributed by atoms with Crippen molar-refractivity contribution in [2.45, 2.75) is 56.7 Å². The lowest BCUT2D eigenvalue weighted by Gasteiger charge is -2.29. The van der Waals surface area contributed by atoms with Crippen LogP contribution < -0.4 is 5.32 Å². The Morgan fingerprint density at radius 1 is 1.21 bits per heavy atom. The lowest BCUT2D eigenvalue weighted by molar-refractivity contribution is 0.00782. The summed E-state index contributed by atoms with van der Waals surface area (Å²) >= 11 is 1.78. The molecule has 1 N–H and O–H groups in total. The molecule has 0 amide bonds. The van der Waals surface area contributed by atoms with E-state index >= 15 is 0 Å². The van der Waals surface area contributed by atoms with Crippen LogP contribution in [0.4, 0.5) is 0 Å². The Morgan fingerprint density at radius 3 is 2.26 bits per heavy atom. The van der Waals surface area contributed by atoms with Gasteiger partial charge < -0.3 is 10.1 Å². The van der Waals surface area contributed by atoms with Crippen LogP contribution in [-0.2, 0) is 4.74 Å². The highest BCUT2D eigenvalue weighted by atomic mass is 32.2. The predicted molar refractivity (Wildman–Crippen MR) is 84.9 cm³/mol. The van der Waals surface area contributed by atoms with Crippen molar-refractivity contribution in [3.63, 3.8) is 0 Å². The molecular weight excluding hydrogens is 254 g/mol. The van der Waals surface area contributed by atoms with Crippen molar-refractivity contribution in [3.8, 4) is 0 Å². The Hall–Kier alpha value is -0.510. The van der Waals surface area contributed by atoms with Crippen molar-refractivity contribution < 1.29 is 4.74 Å². The number of hydrogen-bond donors (Lipinski definition) is 1. The molecule has 2 unspecified atom stereocenters. The molecule has 2 nitrogen and oxygen atoms in total. The summed E-state index contributed by atoms with van der Waals surface area (Å²) in [7, 11) is 1.78. The first-order valence-corrected chi connectivity index (χ1v) is 8.05. The van der Waals surface area contributed by atoms with Crippen molar-refractivity contribution in [3.05, 3.63) is 29.8 Å². The number of ether oxygens (including phenoxy) is 1. The zero-order valence-corrected chi connectivity index (χ0v) is 13.8. The molecular formula is C16H27NOS. The number of methoxy groups -OCH3 is 1. The molecule has 1 aromatic carbocycles. The average Bonchev–Trinajstić information content (AvgIpc) is 2.38. The van der Waals surface area contributed by atoms with Crippen LogP contribution in [0.15, 0.2) is 29.2 Å². The summed E-state index contributed by atoms with van der Waals surface area (Å²) < 4.78 is 5.48. The largest absolute Gasteiger partial charge is 0.379 e. The third kappa shape index (κ3) is 5.55. The highest BCUT2D eigenvalue weighted by molar-refractivity contribution is 7.98. The van der Waals surface area contributed by atoms with E-state index in [4.69, 9.17) is 4.74 Å². The molecule has 0 aromatic heterocycles. The van der Waals surface area contributed by atoms with Crippen LogP contribution in [0.5, 0.6) is 0 Å². The Balaban J connectivity index is 2.55. The van der Waals surface area contributed by atoms with E-state index in [1.807, 2.05) is 0 Å². The van der Waals surface area contributed by atoms with E-state index in [0.717, 1.165) is 6.42 Å². The summed E-state index contributed by atoms with van der Waals surface area (Å²) in [6, 6.07) is 9.56. The number of rotatable bonds is 7. The van der Waals surface area contributed by atoms with Crippen LogP contribution in [0.2, 0.25) is 0 Å². The van der Waals surface area contributed by atoms with Crippen molar-refractivity contribution >= 4 is 11.8 Å². The van der Waals surface area contributed by atoms with Crippen LogP contribution in [0, 0.1) is 0 Å². The summed E-state index contributed by atoms with van der Waals surface area (Å²) in [6.07, 6.45) is 3.10. The third-order valence-corrected chi connectivity index (χ3v) is 4.24. The molecule has 0 aliphatic heterocycles. The minimum atomic E-state index is -0.0746. The average molecular weight is 281 g/mol. The van der Waals surface area contributed by atoms with Gasteiger partial charge in [0.15, 0.2) is 0 Å². The molecule has 2 atom stereocenters. The second-order valence-electron chi connectivity index (χ2n) is 5.73. The Kier molecular flexibility index (Phi) is 6.37. The van der Waals surface area contributed by atoms with Crippen molar-refractivity contribution in [2.75, 3.05) is 13.4 Å². The number of thioether (sulfide) groups is 1. The third-order valence-electron chi connectivity index (χ3n) is 3.50. The molecule has 1 rings (SSSR count). The highest BCUT2D eigenvalue weighted by Gasteiger charge is 2.21. The van der Waals surface area contributed by atoms with Gasteiger partial charge in [-0.2, -0.15) is 0 Å². The molecule has 19 heavy (non-hydrogen) atoms. The van der Waals surface area contributed by atoms with Gasteiger partial charge >= 0.3 is 0 Å². The van der Waals surface area contributed by atoms with Crippen LogP contribution in [0.1, 0.15) is 45.7 Å². The van der Waals surface area contributed by atoms with Gasteiger partial charge in [-0.05, 0) is 58.1 Å². The number of hydrogen-bond acceptors (Lipinski definition) is 3. The first-order chi connectivity index (χ1) is 8.88. The van der Waals surface area contributed by atoms with E-state index in [9.17, 15) is 0 Å². The number of nitrogens with one attached hydrogen (secondary N) is 1. The van der Waals surface area contributed by atoms with Gasteiger partial charge in [-0.1, -0.05) is 12.1 Å². The lowest BCUT2D eigenvalue weighted by Crippen LogP contribution is -2.36. The maximum Gasteiger partial charge on any atom is 0.0637 e. The standard InChI is InChI=1S/C16H27NOS/c1-12(11-16(3,4)18-5)17-13(2)14-7-9-15(19-6)10-8-14/h7-10,12-13,17H,11H2,1-6H3. The first kappa shape index (κ1) is 16.5. The molecule has 0 fully saturated rings. The fourth-order valence-electron chi connectivity index (χ4n) is 2.30. The van der Waals surface area contributed by atoms with Gasteiger partial charge in [0, 0.05) is 24.1 Å². The molecule has 0 aliphatic carbocycles. The Morgan fingerprint density at radius 2 is 1.79 bits per heavy atom. The molecule has 0 spiro atoms.